The standard InChI is InChI=1S/C20H21N3O4S/c1-4-26-17-9-5-14(6-10-17)19-22-23-20(27-19)28-13(2)18(24)21-15-7-11-16(25-3)12-8-15/h5-13H,4H2,1-3H3,(H,21,24)/t13-/m1/s1. The number of thioether (sulfide) groups is 1. The zero-order chi connectivity index (χ0) is 19.9. The van der Waals surface area contributed by atoms with E-state index in [2.05, 4.69) is 15.5 Å². The van der Waals surface area contributed by atoms with Crippen LogP contribution in [0.4, 0.5) is 5.69 Å². The van der Waals surface area contributed by atoms with E-state index < -0.39 is 5.25 Å². The Hall–Kier alpha value is -3.00. The van der Waals surface area contributed by atoms with E-state index >= 15 is 0 Å². The van der Waals surface area contributed by atoms with Gasteiger partial charge in [-0.2, -0.15) is 0 Å². The first-order valence-corrected chi connectivity index (χ1v) is 9.65. The van der Waals surface area contributed by atoms with Gasteiger partial charge in [0.2, 0.25) is 11.8 Å². The summed E-state index contributed by atoms with van der Waals surface area (Å²) in [6.45, 7) is 4.32. The molecule has 0 bridgehead atoms. The first-order chi connectivity index (χ1) is 13.6. The van der Waals surface area contributed by atoms with Gasteiger partial charge in [-0.1, -0.05) is 11.8 Å². The maximum atomic E-state index is 12.4. The average molecular weight is 399 g/mol. The van der Waals surface area contributed by atoms with Crippen LogP contribution in [-0.4, -0.2) is 35.1 Å². The first-order valence-electron chi connectivity index (χ1n) is 8.77. The maximum absolute atomic E-state index is 12.4. The van der Waals surface area contributed by atoms with Crippen molar-refractivity contribution in [3.05, 3.63) is 48.5 Å². The second kappa shape index (κ2) is 9.27. The number of rotatable bonds is 8. The van der Waals surface area contributed by atoms with Crippen molar-refractivity contribution in [3.8, 4) is 23.0 Å². The first kappa shape index (κ1) is 19.8. The van der Waals surface area contributed by atoms with Gasteiger partial charge in [-0.15, -0.1) is 10.2 Å². The lowest BCUT2D eigenvalue weighted by atomic mass is 10.2. The number of nitrogens with zero attached hydrogens (tertiary/aromatic N) is 2. The minimum atomic E-state index is -0.407. The second-order valence-electron chi connectivity index (χ2n) is 5.81. The third-order valence-electron chi connectivity index (χ3n) is 3.82. The molecule has 7 nitrogen and oxygen atoms in total. The minimum absolute atomic E-state index is 0.156. The fourth-order valence-corrected chi connectivity index (χ4v) is 3.04. The number of hydrogen-bond donors (Lipinski definition) is 1. The summed E-state index contributed by atoms with van der Waals surface area (Å²) in [5.41, 5.74) is 1.48. The molecule has 3 aromatic rings. The fourth-order valence-electron chi connectivity index (χ4n) is 2.36. The molecule has 1 heterocycles. The number of carbonyl (C=O) groups excluding carboxylic acids is 1. The highest BCUT2D eigenvalue weighted by Crippen LogP contribution is 2.28. The Labute approximate surface area is 167 Å². The molecule has 8 heteroatoms. The molecule has 1 atom stereocenters. The van der Waals surface area contributed by atoms with Crippen LogP contribution in [0.2, 0.25) is 0 Å². The molecule has 0 aliphatic carbocycles. The molecule has 0 unspecified atom stereocenters. The van der Waals surface area contributed by atoms with Crippen molar-refractivity contribution in [3.63, 3.8) is 0 Å². The lowest BCUT2D eigenvalue weighted by Gasteiger charge is -2.10. The van der Waals surface area contributed by atoms with Crippen molar-refractivity contribution in [1.82, 2.24) is 10.2 Å². The van der Waals surface area contributed by atoms with E-state index in [4.69, 9.17) is 13.9 Å². The van der Waals surface area contributed by atoms with Gasteiger partial charge in [-0.3, -0.25) is 4.79 Å². The molecule has 1 amide bonds. The smallest absolute Gasteiger partial charge is 0.277 e. The van der Waals surface area contributed by atoms with E-state index in [1.54, 1.807) is 38.3 Å². The minimum Gasteiger partial charge on any atom is -0.497 e. The number of anilines is 1. The third kappa shape index (κ3) is 5.04. The summed E-state index contributed by atoms with van der Waals surface area (Å²) in [7, 11) is 1.60. The summed E-state index contributed by atoms with van der Waals surface area (Å²) in [4.78, 5) is 12.4. The second-order valence-corrected chi connectivity index (χ2v) is 7.10. The number of ether oxygens (including phenoxy) is 2. The molecule has 0 saturated heterocycles. The number of nitrogens with one attached hydrogen (secondary N) is 1. The predicted octanol–water partition coefficient (Wildman–Crippen LogP) is 4.26. The summed E-state index contributed by atoms with van der Waals surface area (Å²) < 4.78 is 16.2. The van der Waals surface area contributed by atoms with E-state index in [9.17, 15) is 4.79 Å². The molecular weight excluding hydrogens is 378 g/mol. The van der Waals surface area contributed by atoms with Crippen molar-refractivity contribution >= 4 is 23.4 Å². The Morgan fingerprint density at radius 3 is 2.43 bits per heavy atom. The van der Waals surface area contributed by atoms with Crippen LogP contribution < -0.4 is 14.8 Å². The van der Waals surface area contributed by atoms with Gasteiger partial charge in [0.1, 0.15) is 11.5 Å². The lowest BCUT2D eigenvalue weighted by Crippen LogP contribution is -2.22. The number of methoxy groups -OCH3 is 1. The van der Waals surface area contributed by atoms with Gasteiger partial charge in [0.25, 0.3) is 5.22 Å². The van der Waals surface area contributed by atoms with Crippen LogP contribution in [0.3, 0.4) is 0 Å². The normalized spacial score (nSPS) is 11.7. The Balaban J connectivity index is 1.59. The molecule has 1 aromatic heterocycles. The van der Waals surface area contributed by atoms with Crippen LogP contribution in [0.5, 0.6) is 11.5 Å². The third-order valence-corrected chi connectivity index (χ3v) is 4.76. The van der Waals surface area contributed by atoms with Crippen molar-refractivity contribution < 1.29 is 18.7 Å². The van der Waals surface area contributed by atoms with Gasteiger partial charge in [-0.25, -0.2) is 0 Å². The van der Waals surface area contributed by atoms with Crippen molar-refractivity contribution in [2.45, 2.75) is 24.3 Å². The number of aromatic nitrogens is 2. The summed E-state index contributed by atoms with van der Waals surface area (Å²) in [5, 5.41) is 10.9. The Bertz CT molecular complexity index is 910. The van der Waals surface area contributed by atoms with Crippen LogP contribution in [0.1, 0.15) is 13.8 Å². The quantitative estimate of drug-likeness (QED) is 0.566. The van der Waals surface area contributed by atoms with E-state index in [0.29, 0.717) is 23.4 Å². The van der Waals surface area contributed by atoms with Gasteiger partial charge in [0, 0.05) is 11.3 Å². The highest BCUT2D eigenvalue weighted by Gasteiger charge is 2.19. The average Bonchev–Trinajstić information content (AvgIpc) is 3.18. The van der Waals surface area contributed by atoms with Crippen LogP contribution in [-0.2, 0) is 4.79 Å². The largest absolute Gasteiger partial charge is 0.497 e. The molecule has 28 heavy (non-hydrogen) atoms. The number of hydrogen-bond acceptors (Lipinski definition) is 7. The Morgan fingerprint density at radius 1 is 1.11 bits per heavy atom. The number of amides is 1. The molecule has 0 spiro atoms. The molecular formula is C20H21N3O4S. The molecule has 146 valence electrons. The van der Waals surface area contributed by atoms with E-state index in [0.717, 1.165) is 17.1 Å². The molecule has 0 fully saturated rings. The summed E-state index contributed by atoms with van der Waals surface area (Å²) in [5.74, 6) is 1.75. The van der Waals surface area contributed by atoms with E-state index in [1.165, 1.54) is 11.8 Å². The predicted molar refractivity (Wildman–Crippen MR) is 108 cm³/mol. The van der Waals surface area contributed by atoms with Gasteiger partial charge in [-0.05, 0) is 62.4 Å². The molecule has 0 saturated carbocycles. The maximum Gasteiger partial charge on any atom is 0.277 e. The van der Waals surface area contributed by atoms with Crippen molar-refractivity contribution in [2.75, 3.05) is 19.0 Å². The molecule has 0 aliphatic heterocycles. The molecule has 0 aliphatic rings. The molecule has 3 rings (SSSR count). The fraction of sp³-hybridized carbons (Fsp3) is 0.250. The lowest BCUT2D eigenvalue weighted by molar-refractivity contribution is -0.115. The Morgan fingerprint density at radius 2 is 1.79 bits per heavy atom. The number of benzene rings is 2. The van der Waals surface area contributed by atoms with Crippen molar-refractivity contribution in [2.24, 2.45) is 0 Å². The monoisotopic (exact) mass is 399 g/mol. The van der Waals surface area contributed by atoms with Gasteiger partial charge < -0.3 is 19.2 Å². The highest BCUT2D eigenvalue weighted by molar-refractivity contribution is 8.00. The summed E-state index contributed by atoms with van der Waals surface area (Å²) >= 11 is 1.20. The molecule has 0 radical (unpaired) electrons. The van der Waals surface area contributed by atoms with Crippen LogP contribution in [0, 0.1) is 0 Å². The zero-order valence-corrected chi connectivity index (χ0v) is 16.7. The van der Waals surface area contributed by atoms with Gasteiger partial charge in [0.15, 0.2) is 0 Å². The SMILES string of the molecule is CCOc1ccc(-c2nnc(S[C@H](C)C(=O)Nc3ccc(OC)cc3)o2)cc1. The van der Waals surface area contributed by atoms with Crippen molar-refractivity contribution in [1.29, 1.82) is 0 Å². The van der Waals surface area contributed by atoms with Gasteiger partial charge in [0.05, 0.1) is 19.0 Å². The Kier molecular flexibility index (Phi) is 6.54. The van der Waals surface area contributed by atoms with Crippen LogP contribution in [0.25, 0.3) is 11.5 Å². The van der Waals surface area contributed by atoms with E-state index in [1.807, 2.05) is 31.2 Å². The van der Waals surface area contributed by atoms with Gasteiger partial charge >= 0.3 is 0 Å². The molecule has 2 aromatic carbocycles. The topological polar surface area (TPSA) is 86.5 Å². The zero-order valence-electron chi connectivity index (χ0n) is 15.8. The number of carbonyl (C=O) groups is 1. The highest BCUT2D eigenvalue weighted by atomic mass is 32.2. The molecule has 1 N–H and O–H groups in total. The van der Waals surface area contributed by atoms with Crippen LogP contribution in [0.15, 0.2) is 58.2 Å². The summed E-state index contributed by atoms with van der Waals surface area (Å²) in [6.07, 6.45) is 0. The summed E-state index contributed by atoms with van der Waals surface area (Å²) in [6, 6.07) is 14.5. The van der Waals surface area contributed by atoms with Crippen LogP contribution >= 0.6 is 11.8 Å². The van der Waals surface area contributed by atoms with E-state index in [-0.39, 0.29) is 5.91 Å².